The molecule has 1 N–H and O–H groups in total. The van der Waals surface area contributed by atoms with Gasteiger partial charge in [-0.05, 0) is 48.8 Å². The van der Waals surface area contributed by atoms with Crippen LogP contribution in [0.15, 0.2) is 24.3 Å². The number of ether oxygens (including phenoxy) is 1. The Hall–Kier alpha value is -1.02. The fraction of sp³-hybridized carbons (Fsp3) is 0.647. The highest BCUT2D eigenvalue weighted by Gasteiger charge is 2.49. The second-order valence-corrected chi connectivity index (χ2v) is 6.38. The molecule has 0 saturated heterocycles. The highest BCUT2D eigenvalue weighted by molar-refractivity contribution is 5.34. The molecule has 1 aliphatic rings. The van der Waals surface area contributed by atoms with Crippen LogP contribution in [-0.4, -0.2) is 19.7 Å². The molecule has 1 aromatic carbocycles. The summed E-state index contributed by atoms with van der Waals surface area (Å²) in [5.74, 6) is 1.81. The average molecular weight is 261 g/mol. The normalized spacial score (nSPS) is 22.0. The van der Waals surface area contributed by atoms with Gasteiger partial charge in [-0.15, -0.1) is 0 Å². The molecule has 1 saturated carbocycles. The van der Waals surface area contributed by atoms with E-state index in [0.717, 1.165) is 24.6 Å². The topological polar surface area (TPSA) is 21.3 Å². The minimum atomic E-state index is 0.507. The Bertz CT molecular complexity index is 413. The third-order valence-electron chi connectivity index (χ3n) is 4.36. The van der Waals surface area contributed by atoms with Gasteiger partial charge < -0.3 is 10.1 Å². The number of hydrogen-bond acceptors (Lipinski definition) is 2. The van der Waals surface area contributed by atoms with Crippen LogP contribution in [0.2, 0.25) is 0 Å². The van der Waals surface area contributed by atoms with Crippen LogP contribution in [0.4, 0.5) is 0 Å². The van der Waals surface area contributed by atoms with Crippen LogP contribution < -0.4 is 10.1 Å². The molecule has 0 spiro atoms. The van der Waals surface area contributed by atoms with Crippen LogP contribution >= 0.6 is 0 Å². The maximum Gasteiger partial charge on any atom is 0.122 e. The van der Waals surface area contributed by atoms with E-state index >= 15 is 0 Å². The predicted molar refractivity (Wildman–Crippen MR) is 80.7 cm³/mol. The van der Waals surface area contributed by atoms with Gasteiger partial charge in [0.25, 0.3) is 0 Å². The van der Waals surface area contributed by atoms with Crippen LogP contribution in [0.25, 0.3) is 0 Å². The predicted octanol–water partition coefficient (Wildman–Crippen LogP) is 3.65. The van der Waals surface area contributed by atoms with Gasteiger partial charge in [0.1, 0.15) is 5.75 Å². The Morgan fingerprint density at radius 3 is 2.63 bits per heavy atom. The number of rotatable bonds is 7. The number of nitrogens with one attached hydrogen (secondary N) is 1. The fourth-order valence-electron chi connectivity index (χ4n) is 2.99. The van der Waals surface area contributed by atoms with Gasteiger partial charge in [0, 0.05) is 6.04 Å². The second-order valence-electron chi connectivity index (χ2n) is 6.38. The van der Waals surface area contributed by atoms with Crippen molar-refractivity contribution in [2.75, 3.05) is 13.7 Å². The first-order valence-electron chi connectivity index (χ1n) is 7.43. The molecule has 0 aromatic heterocycles. The Labute approximate surface area is 117 Å². The van der Waals surface area contributed by atoms with Crippen molar-refractivity contribution in [1.82, 2.24) is 5.32 Å². The number of para-hydroxylation sites is 1. The Morgan fingerprint density at radius 1 is 1.37 bits per heavy atom. The number of hydrogen-bond donors (Lipinski definition) is 1. The van der Waals surface area contributed by atoms with Crippen molar-refractivity contribution in [3.63, 3.8) is 0 Å². The van der Waals surface area contributed by atoms with Crippen molar-refractivity contribution in [3.05, 3.63) is 29.8 Å². The standard InChI is InChI=1S/C17H27NO/c1-5-10-18-15(14-12-17(14,2)3)11-13-8-6-7-9-16(13)19-4/h6-9,14-15,18H,5,10-12H2,1-4H3. The van der Waals surface area contributed by atoms with Crippen molar-refractivity contribution in [2.24, 2.45) is 11.3 Å². The number of methoxy groups -OCH3 is 1. The van der Waals surface area contributed by atoms with Crippen LogP contribution in [0.1, 0.15) is 39.2 Å². The van der Waals surface area contributed by atoms with Gasteiger partial charge >= 0.3 is 0 Å². The van der Waals surface area contributed by atoms with Gasteiger partial charge in [0.05, 0.1) is 7.11 Å². The molecule has 106 valence electrons. The lowest BCUT2D eigenvalue weighted by Crippen LogP contribution is -2.35. The third-order valence-corrected chi connectivity index (χ3v) is 4.36. The molecular weight excluding hydrogens is 234 g/mol. The van der Waals surface area contributed by atoms with E-state index in [9.17, 15) is 0 Å². The van der Waals surface area contributed by atoms with Gasteiger partial charge in [0.2, 0.25) is 0 Å². The van der Waals surface area contributed by atoms with E-state index in [1.807, 2.05) is 6.07 Å². The van der Waals surface area contributed by atoms with Crippen LogP contribution in [0.5, 0.6) is 5.75 Å². The molecule has 2 atom stereocenters. The summed E-state index contributed by atoms with van der Waals surface area (Å²) in [5, 5.41) is 3.73. The molecular formula is C17H27NO. The molecule has 1 aromatic rings. The molecule has 1 aliphatic carbocycles. The highest BCUT2D eigenvalue weighted by atomic mass is 16.5. The summed E-state index contributed by atoms with van der Waals surface area (Å²) in [6, 6.07) is 8.97. The Balaban J connectivity index is 2.07. The lowest BCUT2D eigenvalue weighted by atomic mass is 9.96. The molecule has 0 bridgehead atoms. The molecule has 0 amide bonds. The smallest absolute Gasteiger partial charge is 0.122 e. The van der Waals surface area contributed by atoms with E-state index in [2.05, 4.69) is 44.3 Å². The van der Waals surface area contributed by atoms with Gasteiger partial charge in [-0.25, -0.2) is 0 Å². The van der Waals surface area contributed by atoms with Crippen molar-refractivity contribution in [2.45, 2.75) is 46.1 Å². The molecule has 2 unspecified atom stereocenters. The quantitative estimate of drug-likeness (QED) is 0.809. The molecule has 1 fully saturated rings. The minimum Gasteiger partial charge on any atom is -0.496 e. The third kappa shape index (κ3) is 3.50. The maximum absolute atomic E-state index is 5.48. The molecule has 19 heavy (non-hydrogen) atoms. The van der Waals surface area contributed by atoms with E-state index in [1.54, 1.807) is 7.11 Å². The summed E-state index contributed by atoms with van der Waals surface area (Å²) in [5.41, 5.74) is 1.83. The first-order chi connectivity index (χ1) is 9.08. The van der Waals surface area contributed by atoms with Crippen molar-refractivity contribution < 1.29 is 4.74 Å². The summed E-state index contributed by atoms with van der Waals surface area (Å²) < 4.78 is 5.48. The zero-order valence-corrected chi connectivity index (χ0v) is 12.7. The lowest BCUT2D eigenvalue weighted by Gasteiger charge is -2.21. The monoisotopic (exact) mass is 261 g/mol. The SMILES string of the molecule is CCCNC(Cc1ccccc1OC)C1CC1(C)C. The summed E-state index contributed by atoms with van der Waals surface area (Å²) in [4.78, 5) is 0. The zero-order valence-electron chi connectivity index (χ0n) is 12.7. The zero-order chi connectivity index (χ0) is 13.9. The van der Waals surface area contributed by atoms with Gasteiger partial charge in [-0.3, -0.25) is 0 Å². The summed E-state index contributed by atoms with van der Waals surface area (Å²) in [6.07, 6.45) is 3.59. The van der Waals surface area contributed by atoms with E-state index in [4.69, 9.17) is 4.74 Å². The van der Waals surface area contributed by atoms with Gasteiger partial charge in [-0.1, -0.05) is 39.0 Å². The first kappa shape index (κ1) is 14.4. The largest absolute Gasteiger partial charge is 0.496 e. The highest BCUT2D eigenvalue weighted by Crippen LogP contribution is 2.54. The molecule has 2 nitrogen and oxygen atoms in total. The van der Waals surface area contributed by atoms with Crippen LogP contribution in [-0.2, 0) is 6.42 Å². The average Bonchev–Trinajstić information content (AvgIpc) is 3.04. The van der Waals surface area contributed by atoms with Crippen LogP contribution in [0, 0.1) is 11.3 Å². The molecule has 2 heteroatoms. The molecule has 0 heterocycles. The van der Waals surface area contributed by atoms with E-state index in [1.165, 1.54) is 18.4 Å². The molecule has 0 radical (unpaired) electrons. The lowest BCUT2D eigenvalue weighted by molar-refractivity contribution is 0.383. The summed E-state index contributed by atoms with van der Waals surface area (Å²) in [7, 11) is 1.76. The summed E-state index contributed by atoms with van der Waals surface area (Å²) in [6.45, 7) is 8.08. The van der Waals surface area contributed by atoms with E-state index in [-0.39, 0.29) is 0 Å². The van der Waals surface area contributed by atoms with Gasteiger partial charge in [0.15, 0.2) is 0 Å². The first-order valence-corrected chi connectivity index (χ1v) is 7.43. The molecule has 2 rings (SSSR count). The molecule has 0 aliphatic heterocycles. The maximum atomic E-state index is 5.48. The number of benzene rings is 1. The minimum absolute atomic E-state index is 0.507. The summed E-state index contributed by atoms with van der Waals surface area (Å²) >= 11 is 0. The fourth-order valence-corrected chi connectivity index (χ4v) is 2.99. The van der Waals surface area contributed by atoms with Gasteiger partial charge in [-0.2, -0.15) is 0 Å². The van der Waals surface area contributed by atoms with Crippen molar-refractivity contribution in [1.29, 1.82) is 0 Å². The Morgan fingerprint density at radius 2 is 2.05 bits per heavy atom. The second kappa shape index (κ2) is 5.96. The Kier molecular flexibility index (Phi) is 4.51. The van der Waals surface area contributed by atoms with Crippen LogP contribution in [0.3, 0.4) is 0 Å². The van der Waals surface area contributed by atoms with Crippen molar-refractivity contribution >= 4 is 0 Å². The van der Waals surface area contributed by atoms with Crippen molar-refractivity contribution in [3.8, 4) is 5.75 Å². The van der Waals surface area contributed by atoms with E-state index < -0.39 is 0 Å². The van der Waals surface area contributed by atoms with E-state index in [0.29, 0.717) is 11.5 Å².